The molecular weight excluding hydrogens is 300 g/mol. The van der Waals surface area contributed by atoms with E-state index in [1.807, 2.05) is 12.1 Å². The van der Waals surface area contributed by atoms with Crippen LogP contribution >= 0.6 is 0 Å². The van der Waals surface area contributed by atoms with Gasteiger partial charge in [-0.1, -0.05) is 58.1 Å². The molecule has 134 valence electrons. The van der Waals surface area contributed by atoms with Crippen LogP contribution in [0.15, 0.2) is 18.2 Å². The van der Waals surface area contributed by atoms with Crippen molar-refractivity contribution >= 4 is 11.6 Å². The predicted octanol–water partition coefficient (Wildman–Crippen LogP) is 3.41. The normalized spacial score (nSPS) is 18.2. The highest BCUT2D eigenvalue weighted by Crippen LogP contribution is 2.27. The van der Waals surface area contributed by atoms with Crippen LogP contribution in [0.5, 0.6) is 0 Å². The number of nitrogens with one attached hydrogen (secondary N) is 1. The Morgan fingerprint density at radius 2 is 1.96 bits per heavy atom. The van der Waals surface area contributed by atoms with Crippen LogP contribution in [0.3, 0.4) is 0 Å². The van der Waals surface area contributed by atoms with E-state index in [2.05, 4.69) is 25.2 Å². The first kappa shape index (κ1) is 18.9. The minimum atomic E-state index is -1.15. The van der Waals surface area contributed by atoms with Gasteiger partial charge in [0.25, 0.3) is 5.91 Å². The molecule has 0 spiro atoms. The van der Waals surface area contributed by atoms with E-state index in [9.17, 15) is 9.90 Å². The Labute approximate surface area is 145 Å². The summed E-state index contributed by atoms with van der Waals surface area (Å²) in [6, 6.07) is 5.63. The van der Waals surface area contributed by atoms with Gasteiger partial charge in [0.05, 0.1) is 0 Å². The third-order valence-electron chi connectivity index (χ3n) is 5.23. The molecule has 0 saturated heterocycles. The highest BCUT2D eigenvalue weighted by Gasteiger charge is 2.27. The maximum atomic E-state index is 12.4. The molecule has 0 aliphatic heterocycles. The number of aryl methyl sites for hydroxylation is 2. The number of aliphatic hydroxyl groups is 1. The number of aliphatic hydroxyl groups excluding tert-OH is 1. The smallest absolute Gasteiger partial charge is 0.254 e. The van der Waals surface area contributed by atoms with E-state index in [4.69, 9.17) is 5.73 Å². The van der Waals surface area contributed by atoms with Crippen LogP contribution < -0.4 is 11.1 Å². The molecule has 1 saturated carbocycles. The number of carbonyl (C=O) groups is 1. The van der Waals surface area contributed by atoms with Crippen molar-refractivity contribution < 1.29 is 9.90 Å². The molecule has 2 atom stereocenters. The van der Waals surface area contributed by atoms with E-state index in [1.165, 1.54) is 37.7 Å². The molecule has 1 fully saturated rings. The van der Waals surface area contributed by atoms with Gasteiger partial charge in [-0.05, 0) is 42.4 Å². The van der Waals surface area contributed by atoms with E-state index in [-0.39, 0.29) is 5.91 Å². The first-order chi connectivity index (χ1) is 11.5. The molecule has 4 heteroatoms. The zero-order valence-corrected chi connectivity index (χ0v) is 15.1. The first-order valence-electron chi connectivity index (χ1n) is 9.41. The number of anilines is 1. The summed E-state index contributed by atoms with van der Waals surface area (Å²) in [7, 11) is 0. The van der Waals surface area contributed by atoms with Crippen LogP contribution in [0.1, 0.15) is 63.5 Å². The van der Waals surface area contributed by atoms with Crippen molar-refractivity contribution in [1.29, 1.82) is 0 Å². The van der Waals surface area contributed by atoms with Gasteiger partial charge in [-0.2, -0.15) is 0 Å². The van der Waals surface area contributed by atoms with E-state index >= 15 is 0 Å². The fourth-order valence-electron chi connectivity index (χ4n) is 3.61. The summed E-state index contributed by atoms with van der Waals surface area (Å²) in [5.74, 6) is 0.159. The van der Waals surface area contributed by atoms with Crippen LogP contribution in [0, 0.1) is 5.92 Å². The van der Waals surface area contributed by atoms with Gasteiger partial charge in [0.1, 0.15) is 6.10 Å². The maximum absolute atomic E-state index is 12.4. The van der Waals surface area contributed by atoms with Gasteiger partial charge in [0.2, 0.25) is 0 Å². The van der Waals surface area contributed by atoms with Crippen LogP contribution in [-0.2, 0) is 17.6 Å². The van der Waals surface area contributed by atoms with Crippen molar-refractivity contribution in [2.24, 2.45) is 11.7 Å². The first-order valence-corrected chi connectivity index (χ1v) is 9.41. The third-order valence-corrected chi connectivity index (χ3v) is 5.23. The molecule has 1 amide bonds. The topological polar surface area (TPSA) is 75.3 Å². The number of nitrogens with two attached hydrogens (primary N) is 1. The van der Waals surface area contributed by atoms with Gasteiger partial charge in [0, 0.05) is 11.7 Å². The Hall–Kier alpha value is -1.39. The number of carbonyl (C=O) groups excluding carboxylic acids is 1. The summed E-state index contributed by atoms with van der Waals surface area (Å²) in [6.45, 7) is 4.14. The van der Waals surface area contributed by atoms with Crippen LogP contribution in [0.25, 0.3) is 0 Å². The molecule has 4 N–H and O–H groups in total. The minimum Gasteiger partial charge on any atom is -0.382 e. The lowest BCUT2D eigenvalue weighted by molar-refractivity contribution is -0.125. The summed E-state index contributed by atoms with van der Waals surface area (Å²) >= 11 is 0. The highest BCUT2D eigenvalue weighted by molar-refractivity contribution is 5.95. The zero-order chi connectivity index (χ0) is 17.5. The van der Waals surface area contributed by atoms with Gasteiger partial charge < -0.3 is 16.2 Å². The molecule has 0 radical (unpaired) electrons. The fourth-order valence-corrected chi connectivity index (χ4v) is 3.61. The molecule has 0 bridgehead atoms. The monoisotopic (exact) mass is 332 g/mol. The third kappa shape index (κ3) is 5.05. The SMILES string of the molecule is CCc1ccc(CC)c(NC(=O)C(O)[C@H](N)CC2CCCCC2)c1. The zero-order valence-electron chi connectivity index (χ0n) is 15.1. The maximum Gasteiger partial charge on any atom is 0.254 e. The predicted molar refractivity (Wildman–Crippen MR) is 99.0 cm³/mol. The average Bonchev–Trinajstić information content (AvgIpc) is 2.61. The molecule has 1 aromatic rings. The number of benzene rings is 1. The molecule has 2 rings (SSSR count). The van der Waals surface area contributed by atoms with Crippen molar-refractivity contribution in [2.75, 3.05) is 5.32 Å². The Morgan fingerprint density at radius 3 is 2.58 bits per heavy atom. The lowest BCUT2D eigenvalue weighted by Gasteiger charge is -2.26. The number of amides is 1. The molecule has 1 unspecified atom stereocenters. The van der Waals surface area contributed by atoms with E-state index in [1.54, 1.807) is 0 Å². The van der Waals surface area contributed by atoms with Gasteiger partial charge in [-0.15, -0.1) is 0 Å². The Kier molecular flexibility index (Phi) is 7.25. The Bertz CT molecular complexity index is 538. The fraction of sp³-hybridized carbons (Fsp3) is 0.650. The standard InChI is InChI=1S/C20H32N2O2/c1-3-14-10-11-16(4-2)18(13-14)22-20(24)19(23)17(21)12-15-8-6-5-7-9-15/h10-11,13,15,17,19,23H,3-9,12,21H2,1-2H3,(H,22,24)/t17-,19?/m1/s1. The molecule has 0 heterocycles. The molecule has 1 aromatic carbocycles. The Morgan fingerprint density at radius 1 is 1.25 bits per heavy atom. The quantitative estimate of drug-likeness (QED) is 0.716. The van der Waals surface area contributed by atoms with Gasteiger partial charge in [-0.3, -0.25) is 4.79 Å². The van der Waals surface area contributed by atoms with E-state index < -0.39 is 12.1 Å². The van der Waals surface area contributed by atoms with Gasteiger partial charge >= 0.3 is 0 Å². The van der Waals surface area contributed by atoms with Crippen molar-refractivity contribution in [3.63, 3.8) is 0 Å². The van der Waals surface area contributed by atoms with E-state index in [0.29, 0.717) is 5.92 Å². The second kappa shape index (κ2) is 9.19. The molecule has 24 heavy (non-hydrogen) atoms. The van der Waals surface area contributed by atoms with Crippen LogP contribution in [-0.4, -0.2) is 23.2 Å². The summed E-state index contributed by atoms with van der Waals surface area (Å²) in [5.41, 5.74) is 9.16. The van der Waals surface area contributed by atoms with Gasteiger partial charge in [-0.25, -0.2) is 0 Å². The molecule has 1 aliphatic rings. The second-order valence-electron chi connectivity index (χ2n) is 7.04. The molecular formula is C20H32N2O2. The number of rotatable bonds is 7. The Balaban J connectivity index is 1.97. The number of hydrogen-bond donors (Lipinski definition) is 3. The van der Waals surface area contributed by atoms with E-state index in [0.717, 1.165) is 30.5 Å². The van der Waals surface area contributed by atoms with Crippen molar-refractivity contribution in [2.45, 2.75) is 77.4 Å². The largest absolute Gasteiger partial charge is 0.382 e. The minimum absolute atomic E-state index is 0.388. The number of hydrogen-bond acceptors (Lipinski definition) is 3. The highest BCUT2D eigenvalue weighted by atomic mass is 16.3. The lowest BCUT2D eigenvalue weighted by Crippen LogP contribution is -2.44. The summed E-state index contributed by atoms with van der Waals surface area (Å²) in [6.07, 6.45) is 7.43. The lowest BCUT2D eigenvalue weighted by atomic mass is 9.84. The van der Waals surface area contributed by atoms with Crippen molar-refractivity contribution in [3.8, 4) is 0 Å². The average molecular weight is 332 g/mol. The van der Waals surface area contributed by atoms with Crippen molar-refractivity contribution in [1.82, 2.24) is 0 Å². The second-order valence-corrected chi connectivity index (χ2v) is 7.04. The summed E-state index contributed by atoms with van der Waals surface area (Å²) < 4.78 is 0. The van der Waals surface area contributed by atoms with Gasteiger partial charge in [0.15, 0.2) is 0 Å². The summed E-state index contributed by atoms with van der Waals surface area (Å²) in [4.78, 5) is 12.4. The molecule has 1 aliphatic carbocycles. The van der Waals surface area contributed by atoms with Crippen LogP contribution in [0.4, 0.5) is 5.69 Å². The summed E-state index contributed by atoms with van der Waals surface area (Å²) in [5, 5.41) is 13.2. The van der Waals surface area contributed by atoms with Crippen LogP contribution in [0.2, 0.25) is 0 Å². The molecule has 0 aromatic heterocycles. The molecule has 4 nitrogen and oxygen atoms in total. The van der Waals surface area contributed by atoms with Crippen molar-refractivity contribution in [3.05, 3.63) is 29.3 Å².